The molecule has 4 nitrogen and oxygen atoms in total. The van der Waals surface area contributed by atoms with Gasteiger partial charge in [0.15, 0.2) is 0 Å². The molecule has 0 saturated carbocycles. The lowest BCUT2D eigenvalue weighted by atomic mass is 9.94. The fourth-order valence-electron chi connectivity index (χ4n) is 2.72. The lowest BCUT2D eigenvalue weighted by Crippen LogP contribution is -2.36. The van der Waals surface area contributed by atoms with Gasteiger partial charge in [-0.1, -0.05) is 12.1 Å². The maximum absolute atomic E-state index is 5.52. The molecule has 1 fully saturated rings. The minimum Gasteiger partial charge on any atom is -0.337 e. The fourth-order valence-corrected chi connectivity index (χ4v) is 3.13. The van der Waals surface area contributed by atoms with Crippen LogP contribution in [0.15, 0.2) is 33.7 Å². The van der Waals surface area contributed by atoms with Crippen LogP contribution in [0.4, 0.5) is 0 Å². The molecule has 1 aliphatic rings. The number of rotatable bonds is 4. The average Bonchev–Trinajstić information content (AvgIpc) is 3.17. The molecule has 5 heteroatoms. The first-order chi connectivity index (χ1) is 9.77. The number of benzene rings is 1. The maximum Gasteiger partial charge on any atom is 0.247 e. The Morgan fingerprint density at radius 1 is 1.35 bits per heavy atom. The van der Waals surface area contributed by atoms with Gasteiger partial charge < -0.3 is 9.84 Å². The highest BCUT2D eigenvalue weighted by molar-refractivity contribution is 7.98. The molecule has 1 N–H and O–H groups in total. The van der Waals surface area contributed by atoms with Crippen LogP contribution in [0.5, 0.6) is 0 Å². The van der Waals surface area contributed by atoms with Gasteiger partial charge in [0.1, 0.15) is 0 Å². The molecule has 2 aromatic rings. The van der Waals surface area contributed by atoms with E-state index in [2.05, 4.69) is 40.8 Å². The lowest BCUT2D eigenvalue weighted by molar-refractivity contribution is 0.250. The minimum absolute atomic E-state index is 0.121. The van der Waals surface area contributed by atoms with E-state index in [0.717, 1.165) is 37.3 Å². The smallest absolute Gasteiger partial charge is 0.247 e. The third kappa shape index (κ3) is 2.36. The van der Waals surface area contributed by atoms with Gasteiger partial charge >= 0.3 is 0 Å². The van der Waals surface area contributed by atoms with E-state index < -0.39 is 0 Å². The molecule has 20 heavy (non-hydrogen) atoms. The maximum atomic E-state index is 5.52. The highest BCUT2D eigenvalue weighted by Crippen LogP contribution is 2.34. The summed E-state index contributed by atoms with van der Waals surface area (Å²) in [6, 6.07) is 8.25. The first-order valence-electron chi connectivity index (χ1n) is 7.01. The van der Waals surface area contributed by atoms with Crippen molar-refractivity contribution in [3.8, 4) is 11.4 Å². The van der Waals surface area contributed by atoms with Gasteiger partial charge in [0, 0.05) is 10.5 Å². The van der Waals surface area contributed by atoms with Crippen LogP contribution in [0.25, 0.3) is 11.4 Å². The van der Waals surface area contributed by atoms with Gasteiger partial charge in [0.05, 0.1) is 5.54 Å². The molecule has 0 radical (unpaired) electrons. The van der Waals surface area contributed by atoms with Crippen LogP contribution in [0, 0.1) is 0 Å². The quantitative estimate of drug-likeness (QED) is 0.874. The lowest BCUT2D eigenvalue weighted by Gasteiger charge is -2.22. The third-order valence-electron chi connectivity index (χ3n) is 4.03. The highest BCUT2D eigenvalue weighted by atomic mass is 32.2. The first kappa shape index (κ1) is 13.6. The second kappa shape index (κ2) is 5.58. The van der Waals surface area contributed by atoms with Crippen molar-refractivity contribution in [1.29, 1.82) is 0 Å². The van der Waals surface area contributed by atoms with E-state index in [1.165, 1.54) is 4.90 Å². The summed E-state index contributed by atoms with van der Waals surface area (Å²) in [4.78, 5) is 5.85. The van der Waals surface area contributed by atoms with Crippen molar-refractivity contribution < 1.29 is 4.52 Å². The monoisotopic (exact) mass is 289 g/mol. The number of nitrogens with one attached hydrogen (secondary N) is 1. The Morgan fingerprint density at radius 2 is 2.15 bits per heavy atom. The molecule has 0 bridgehead atoms. The van der Waals surface area contributed by atoms with E-state index >= 15 is 0 Å². The van der Waals surface area contributed by atoms with E-state index in [-0.39, 0.29) is 5.54 Å². The first-order valence-corrected chi connectivity index (χ1v) is 8.23. The SMILES string of the molecule is CCC1(c2nc(-c3ccc(SC)cc3)no2)CCCN1. The zero-order valence-corrected chi connectivity index (χ0v) is 12.7. The van der Waals surface area contributed by atoms with Gasteiger partial charge in [-0.05, 0) is 56.3 Å². The van der Waals surface area contributed by atoms with Crippen molar-refractivity contribution in [2.45, 2.75) is 36.6 Å². The Balaban J connectivity index is 1.89. The van der Waals surface area contributed by atoms with Crippen LogP contribution >= 0.6 is 11.8 Å². The second-order valence-corrected chi connectivity index (χ2v) is 6.00. The Morgan fingerprint density at radius 3 is 2.75 bits per heavy atom. The van der Waals surface area contributed by atoms with Gasteiger partial charge in [-0.25, -0.2) is 0 Å². The molecule has 1 saturated heterocycles. The number of nitrogens with zero attached hydrogens (tertiary/aromatic N) is 2. The largest absolute Gasteiger partial charge is 0.337 e. The minimum atomic E-state index is -0.121. The molecule has 1 aromatic carbocycles. The van der Waals surface area contributed by atoms with Crippen molar-refractivity contribution in [3.63, 3.8) is 0 Å². The Kier molecular flexibility index (Phi) is 3.81. The molecular formula is C15H19N3OS. The summed E-state index contributed by atoms with van der Waals surface area (Å²) in [6.45, 7) is 3.18. The van der Waals surface area contributed by atoms with Gasteiger partial charge in [-0.15, -0.1) is 11.8 Å². The van der Waals surface area contributed by atoms with Crippen molar-refractivity contribution in [1.82, 2.24) is 15.5 Å². The number of hydrogen-bond acceptors (Lipinski definition) is 5. The summed E-state index contributed by atoms with van der Waals surface area (Å²) in [7, 11) is 0. The molecule has 2 heterocycles. The van der Waals surface area contributed by atoms with Crippen LogP contribution < -0.4 is 5.32 Å². The summed E-state index contributed by atoms with van der Waals surface area (Å²) in [6.07, 6.45) is 5.27. The van der Waals surface area contributed by atoms with Gasteiger partial charge in [-0.3, -0.25) is 0 Å². The second-order valence-electron chi connectivity index (χ2n) is 5.12. The number of hydrogen-bond donors (Lipinski definition) is 1. The molecule has 1 unspecified atom stereocenters. The number of thioether (sulfide) groups is 1. The molecule has 0 amide bonds. The Bertz CT molecular complexity index is 573. The van der Waals surface area contributed by atoms with Gasteiger partial charge in [-0.2, -0.15) is 4.98 Å². The normalized spacial score (nSPS) is 22.3. The van der Waals surface area contributed by atoms with E-state index in [1.54, 1.807) is 11.8 Å². The molecule has 1 aliphatic heterocycles. The molecular weight excluding hydrogens is 270 g/mol. The van der Waals surface area contributed by atoms with E-state index in [0.29, 0.717) is 5.82 Å². The van der Waals surface area contributed by atoms with Gasteiger partial charge in [0.25, 0.3) is 0 Å². The summed E-state index contributed by atoms with van der Waals surface area (Å²) in [5, 5.41) is 7.67. The highest BCUT2D eigenvalue weighted by Gasteiger charge is 2.38. The molecule has 0 aliphatic carbocycles. The van der Waals surface area contributed by atoms with Crippen molar-refractivity contribution in [3.05, 3.63) is 30.2 Å². The summed E-state index contributed by atoms with van der Waals surface area (Å²) < 4.78 is 5.52. The zero-order valence-electron chi connectivity index (χ0n) is 11.8. The van der Waals surface area contributed by atoms with Crippen molar-refractivity contribution in [2.75, 3.05) is 12.8 Å². The van der Waals surface area contributed by atoms with Crippen LogP contribution in [0.3, 0.4) is 0 Å². The van der Waals surface area contributed by atoms with Crippen molar-refractivity contribution in [2.24, 2.45) is 0 Å². The topological polar surface area (TPSA) is 51.0 Å². The standard InChI is InChI=1S/C15H19N3OS/c1-3-15(9-4-10-16-15)14-17-13(18-19-14)11-5-7-12(20-2)8-6-11/h5-8,16H,3-4,9-10H2,1-2H3. The molecule has 0 spiro atoms. The van der Waals surface area contributed by atoms with E-state index in [4.69, 9.17) is 4.52 Å². The van der Waals surface area contributed by atoms with Crippen LogP contribution in [0.2, 0.25) is 0 Å². The molecule has 1 atom stereocenters. The zero-order chi connectivity index (χ0) is 14.0. The Hall–Kier alpha value is -1.33. The van der Waals surface area contributed by atoms with Crippen molar-refractivity contribution >= 4 is 11.8 Å². The Labute approximate surface area is 123 Å². The fraction of sp³-hybridized carbons (Fsp3) is 0.467. The van der Waals surface area contributed by atoms with E-state index in [1.807, 2.05) is 12.1 Å². The van der Waals surface area contributed by atoms with Crippen LogP contribution in [-0.2, 0) is 5.54 Å². The van der Waals surface area contributed by atoms with Crippen LogP contribution in [0.1, 0.15) is 32.1 Å². The summed E-state index contributed by atoms with van der Waals surface area (Å²) in [5.41, 5.74) is 0.881. The third-order valence-corrected chi connectivity index (χ3v) is 4.77. The number of aromatic nitrogens is 2. The van der Waals surface area contributed by atoms with E-state index in [9.17, 15) is 0 Å². The predicted octanol–water partition coefficient (Wildman–Crippen LogP) is 3.45. The molecule has 1 aromatic heterocycles. The predicted molar refractivity (Wildman–Crippen MR) is 80.7 cm³/mol. The van der Waals surface area contributed by atoms with Crippen LogP contribution in [-0.4, -0.2) is 22.9 Å². The molecule has 3 rings (SSSR count). The summed E-state index contributed by atoms with van der Waals surface area (Å²) >= 11 is 1.73. The van der Waals surface area contributed by atoms with Gasteiger partial charge in [0.2, 0.25) is 11.7 Å². The summed E-state index contributed by atoms with van der Waals surface area (Å²) in [5.74, 6) is 1.40. The average molecular weight is 289 g/mol. The molecule has 106 valence electrons.